The van der Waals surface area contributed by atoms with Gasteiger partial charge >= 0.3 is 0 Å². The topological polar surface area (TPSA) is 37.0 Å². The Morgan fingerprint density at radius 1 is 1.00 bits per heavy atom. The molecule has 0 bridgehead atoms. The van der Waals surface area contributed by atoms with Gasteiger partial charge in [-0.1, -0.05) is 25.1 Å². The molecule has 5 nitrogen and oxygen atoms in total. The molecule has 1 N–H and O–H groups in total. The van der Waals surface area contributed by atoms with E-state index in [9.17, 15) is 0 Å². The summed E-state index contributed by atoms with van der Waals surface area (Å²) in [6.07, 6.45) is 1.03. The van der Waals surface area contributed by atoms with Crippen LogP contribution < -0.4 is 14.8 Å². The first-order valence-corrected chi connectivity index (χ1v) is 9.88. The zero-order valence-electron chi connectivity index (χ0n) is 15.6. The van der Waals surface area contributed by atoms with Gasteiger partial charge in [0, 0.05) is 38.4 Å². The Bertz CT molecular complexity index is 819. The SMILES string of the molecule is CCc1cccc(NC(=S)N2CCN(Cc3ccc4c(c3)OCO4)CC2)c1. The number of thiocarbonyl (C=S) groups is 1. The molecule has 0 spiro atoms. The van der Waals surface area contributed by atoms with E-state index in [-0.39, 0.29) is 0 Å². The summed E-state index contributed by atoms with van der Waals surface area (Å²) in [5.74, 6) is 1.69. The number of aryl methyl sites for hydroxylation is 1. The van der Waals surface area contributed by atoms with Crippen LogP contribution in [-0.4, -0.2) is 47.9 Å². The molecule has 2 heterocycles. The van der Waals surface area contributed by atoms with E-state index < -0.39 is 0 Å². The highest BCUT2D eigenvalue weighted by Crippen LogP contribution is 2.32. The van der Waals surface area contributed by atoms with Crippen molar-refractivity contribution in [2.75, 3.05) is 38.3 Å². The van der Waals surface area contributed by atoms with Gasteiger partial charge in [0.25, 0.3) is 0 Å². The first-order valence-electron chi connectivity index (χ1n) is 9.47. The van der Waals surface area contributed by atoms with Crippen LogP contribution in [0.4, 0.5) is 5.69 Å². The van der Waals surface area contributed by atoms with E-state index in [1.54, 1.807) is 0 Å². The minimum Gasteiger partial charge on any atom is -0.454 e. The number of nitrogens with zero attached hydrogens (tertiary/aromatic N) is 2. The summed E-state index contributed by atoms with van der Waals surface area (Å²) >= 11 is 5.62. The van der Waals surface area contributed by atoms with Crippen molar-refractivity contribution in [3.63, 3.8) is 0 Å². The smallest absolute Gasteiger partial charge is 0.231 e. The van der Waals surface area contributed by atoms with Crippen LogP contribution in [0.3, 0.4) is 0 Å². The minimum absolute atomic E-state index is 0.322. The minimum atomic E-state index is 0.322. The number of anilines is 1. The molecule has 0 saturated carbocycles. The molecule has 1 saturated heterocycles. The molecular weight excluding hydrogens is 358 g/mol. The zero-order chi connectivity index (χ0) is 18.6. The monoisotopic (exact) mass is 383 g/mol. The van der Waals surface area contributed by atoms with E-state index in [1.807, 2.05) is 6.07 Å². The van der Waals surface area contributed by atoms with Crippen molar-refractivity contribution in [1.29, 1.82) is 0 Å². The van der Waals surface area contributed by atoms with Gasteiger partial charge in [0.1, 0.15) is 0 Å². The summed E-state index contributed by atoms with van der Waals surface area (Å²) in [5.41, 5.74) is 3.64. The first kappa shape index (κ1) is 18.1. The van der Waals surface area contributed by atoms with E-state index in [2.05, 4.69) is 58.4 Å². The number of fused-ring (bicyclic) bond motifs is 1. The van der Waals surface area contributed by atoms with Crippen LogP contribution in [0.15, 0.2) is 42.5 Å². The van der Waals surface area contributed by atoms with Gasteiger partial charge in [-0.3, -0.25) is 4.90 Å². The van der Waals surface area contributed by atoms with Gasteiger partial charge in [0.05, 0.1) is 0 Å². The Hall–Kier alpha value is -2.31. The third-order valence-corrected chi connectivity index (χ3v) is 5.45. The van der Waals surface area contributed by atoms with Gasteiger partial charge in [-0.2, -0.15) is 0 Å². The lowest BCUT2D eigenvalue weighted by molar-refractivity contribution is 0.173. The van der Waals surface area contributed by atoms with Crippen molar-refractivity contribution >= 4 is 23.0 Å². The second-order valence-corrected chi connectivity index (χ2v) is 7.32. The first-order chi connectivity index (χ1) is 13.2. The van der Waals surface area contributed by atoms with Crippen LogP contribution in [0.1, 0.15) is 18.1 Å². The molecule has 2 aromatic rings. The lowest BCUT2D eigenvalue weighted by Crippen LogP contribution is -2.49. The third-order valence-electron chi connectivity index (χ3n) is 5.09. The fourth-order valence-corrected chi connectivity index (χ4v) is 3.78. The van der Waals surface area contributed by atoms with Gasteiger partial charge in [-0.05, 0) is 54.0 Å². The fourth-order valence-electron chi connectivity index (χ4n) is 3.48. The highest BCUT2D eigenvalue weighted by molar-refractivity contribution is 7.80. The number of ether oxygens (including phenoxy) is 2. The van der Waals surface area contributed by atoms with Crippen molar-refractivity contribution in [1.82, 2.24) is 9.80 Å². The van der Waals surface area contributed by atoms with E-state index in [1.165, 1.54) is 11.1 Å². The number of hydrogen-bond donors (Lipinski definition) is 1. The summed E-state index contributed by atoms with van der Waals surface area (Å²) in [6, 6.07) is 14.7. The zero-order valence-corrected chi connectivity index (χ0v) is 16.4. The molecule has 0 amide bonds. The molecule has 2 aromatic carbocycles. The molecule has 0 aromatic heterocycles. The fraction of sp³-hybridized carbons (Fsp3) is 0.381. The number of piperazine rings is 1. The van der Waals surface area contributed by atoms with E-state index >= 15 is 0 Å². The molecule has 0 aliphatic carbocycles. The van der Waals surface area contributed by atoms with Gasteiger partial charge in [-0.15, -0.1) is 0 Å². The molecule has 0 unspecified atom stereocenters. The molecular formula is C21H25N3O2S. The highest BCUT2D eigenvalue weighted by Gasteiger charge is 2.20. The average molecular weight is 384 g/mol. The lowest BCUT2D eigenvalue weighted by atomic mass is 10.1. The number of hydrogen-bond acceptors (Lipinski definition) is 4. The Kier molecular flexibility index (Phi) is 5.45. The Balaban J connectivity index is 1.28. The maximum absolute atomic E-state index is 5.62. The van der Waals surface area contributed by atoms with Crippen molar-refractivity contribution in [2.24, 2.45) is 0 Å². The van der Waals surface area contributed by atoms with Crippen molar-refractivity contribution in [3.05, 3.63) is 53.6 Å². The number of rotatable bonds is 4. The van der Waals surface area contributed by atoms with Crippen LogP contribution in [0.5, 0.6) is 11.5 Å². The predicted molar refractivity (Wildman–Crippen MR) is 111 cm³/mol. The summed E-state index contributed by atoms with van der Waals surface area (Å²) in [6.45, 7) is 7.26. The third kappa shape index (κ3) is 4.34. The Labute approximate surface area is 165 Å². The van der Waals surface area contributed by atoms with Crippen LogP contribution in [0.25, 0.3) is 0 Å². The van der Waals surface area contributed by atoms with E-state index in [0.29, 0.717) is 6.79 Å². The summed E-state index contributed by atoms with van der Waals surface area (Å²) in [5, 5.41) is 4.20. The second kappa shape index (κ2) is 8.15. The molecule has 27 heavy (non-hydrogen) atoms. The van der Waals surface area contributed by atoms with Crippen LogP contribution >= 0.6 is 12.2 Å². The normalized spacial score (nSPS) is 16.4. The van der Waals surface area contributed by atoms with Crippen molar-refractivity contribution in [3.8, 4) is 11.5 Å². The molecule has 2 aliphatic rings. The Morgan fingerprint density at radius 2 is 1.81 bits per heavy atom. The summed E-state index contributed by atoms with van der Waals surface area (Å²) in [7, 11) is 0. The standard InChI is InChI=1S/C21H25N3O2S/c1-2-16-4-3-5-18(12-16)22-21(27)24-10-8-23(9-11-24)14-17-6-7-19-20(13-17)26-15-25-19/h3-7,12-13H,2,8-11,14-15H2,1H3,(H,22,27). The van der Waals surface area contributed by atoms with Crippen molar-refractivity contribution < 1.29 is 9.47 Å². The average Bonchev–Trinajstić information content (AvgIpc) is 3.16. The van der Waals surface area contributed by atoms with Gasteiger partial charge in [-0.25, -0.2) is 0 Å². The van der Waals surface area contributed by atoms with Gasteiger partial charge in [0.2, 0.25) is 6.79 Å². The largest absolute Gasteiger partial charge is 0.454 e. The molecule has 2 aliphatic heterocycles. The molecule has 1 fully saturated rings. The number of benzene rings is 2. The maximum atomic E-state index is 5.62. The van der Waals surface area contributed by atoms with Crippen molar-refractivity contribution in [2.45, 2.75) is 19.9 Å². The molecule has 0 atom stereocenters. The summed E-state index contributed by atoms with van der Waals surface area (Å²) < 4.78 is 10.9. The molecule has 142 valence electrons. The second-order valence-electron chi connectivity index (χ2n) is 6.93. The van der Waals surface area contributed by atoms with Crippen LogP contribution in [0.2, 0.25) is 0 Å². The van der Waals surface area contributed by atoms with E-state index in [0.717, 1.165) is 61.4 Å². The summed E-state index contributed by atoms with van der Waals surface area (Å²) in [4.78, 5) is 4.71. The molecule has 4 rings (SSSR count). The quantitative estimate of drug-likeness (QED) is 0.815. The van der Waals surface area contributed by atoms with E-state index in [4.69, 9.17) is 21.7 Å². The predicted octanol–water partition coefficient (Wildman–Crippen LogP) is 3.49. The number of nitrogens with one attached hydrogen (secondary N) is 1. The van der Waals surface area contributed by atoms with Gasteiger partial charge in [0.15, 0.2) is 16.6 Å². The Morgan fingerprint density at radius 3 is 2.63 bits per heavy atom. The van der Waals surface area contributed by atoms with Crippen LogP contribution in [-0.2, 0) is 13.0 Å². The lowest BCUT2D eigenvalue weighted by Gasteiger charge is -2.36. The molecule has 0 radical (unpaired) electrons. The van der Waals surface area contributed by atoms with Crippen LogP contribution in [0, 0.1) is 0 Å². The van der Waals surface area contributed by atoms with Gasteiger partial charge < -0.3 is 19.7 Å². The molecule has 6 heteroatoms. The maximum Gasteiger partial charge on any atom is 0.231 e. The highest BCUT2D eigenvalue weighted by atomic mass is 32.1.